The highest BCUT2D eigenvalue weighted by molar-refractivity contribution is 6.43. The molecule has 0 fully saturated rings. The summed E-state index contributed by atoms with van der Waals surface area (Å²) in [5, 5.41) is 1.28. The Bertz CT molecular complexity index is 349. The fourth-order valence-electron chi connectivity index (χ4n) is 1.08. The van der Waals surface area contributed by atoms with E-state index in [4.69, 9.17) is 45.4 Å². The van der Waals surface area contributed by atoms with E-state index in [-0.39, 0.29) is 12.4 Å². The van der Waals surface area contributed by atoms with Crippen LogP contribution in [-0.4, -0.2) is 13.2 Å². The predicted octanol–water partition coefficient (Wildman–Crippen LogP) is 4.12. The summed E-state index contributed by atoms with van der Waals surface area (Å²) >= 11 is 17.6. The predicted molar refractivity (Wildman–Crippen MR) is 73.6 cm³/mol. The van der Waals surface area contributed by atoms with Crippen molar-refractivity contribution in [2.45, 2.75) is 12.8 Å². The molecule has 3 nitrogen and oxygen atoms in total. The SMILES string of the molecule is Cl.NOCCCCOc1cc(Cl)c(Cl)cc1Cl. The third kappa shape index (κ3) is 6.00. The third-order valence-corrected chi connectivity index (χ3v) is 2.91. The highest BCUT2D eigenvalue weighted by atomic mass is 35.5. The molecule has 0 amide bonds. The Balaban J connectivity index is 0.00000256. The molecular weight excluding hydrogens is 308 g/mol. The Morgan fingerprint density at radius 1 is 0.941 bits per heavy atom. The van der Waals surface area contributed by atoms with E-state index >= 15 is 0 Å². The Hall–Kier alpha value is 0.1000. The van der Waals surface area contributed by atoms with Crippen LogP contribution in [0.5, 0.6) is 5.75 Å². The molecule has 0 unspecified atom stereocenters. The van der Waals surface area contributed by atoms with Crippen molar-refractivity contribution < 1.29 is 9.57 Å². The Morgan fingerprint density at radius 3 is 2.18 bits per heavy atom. The molecule has 0 aliphatic rings. The fourth-order valence-corrected chi connectivity index (χ4v) is 1.68. The molecule has 2 N–H and O–H groups in total. The van der Waals surface area contributed by atoms with E-state index in [2.05, 4.69) is 4.84 Å². The van der Waals surface area contributed by atoms with Crippen LogP contribution in [0.15, 0.2) is 12.1 Å². The average Bonchev–Trinajstić information content (AvgIpc) is 2.25. The van der Waals surface area contributed by atoms with Gasteiger partial charge in [-0.3, -0.25) is 0 Å². The summed E-state index contributed by atoms with van der Waals surface area (Å²) < 4.78 is 5.45. The number of halogens is 4. The molecule has 17 heavy (non-hydrogen) atoms. The monoisotopic (exact) mass is 319 g/mol. The van der Waals surface area contributed by atoms with Gasteiger partial charge in [-0.1, -0.05) is 34.8 Å². The molecule has 1 aromatic carbocycles. The van der Waals surface area contributed by atoms with Gasteiger partial charge < -0.3 is 9.57 Å². The largest absolute Gasteiger partial charge is 0.492 e. The van der Waals surface area contributed by atoms with Crippen molar-refractivity contribution >= 4 is 47.2 Å². The van der Waals surface area contributed by atoms with Gasteiger partial charge >= 0.3 is 0 Å². The minimum Gasteiger partial charge on any atom is -0.492 e. The zero-order valence-electron chi connectivity index (χ0n) is 8.92. The Morgan fingerprint density at radius 2 is 1.53 bits per heavy atom. The van der Waals surface area contributed by atoms with E-state index in [1.54, 1.807) is 12.1 Å². The second kappa shape index (κ2) is 9.09. The fraction of sp³-hybridized carbons (Fsp3) is 0.400. The molecule has 0 atom stereocenters. The van der Waals surface area contributed by atoms with Crippen LogP contribution in [0, 0.1) is 0 Å². The zero-order chi connectivity index (χ0) is 12.0. The first kappa shape index (κ1) is 17.1. The number of ether oxygens (including phenoxy) is 1. The van der Waals surface area contributed by atoms with Crippen LogP contribution in [0.1, 0.15) is 12.8 Å². The Labute approximate surface area is 121 Å². The molecule has 0 saturated carbocycles. The first-order valence-electron chi connectivity index (χ1n) is 4.74. The lowest BCUT2D eigenvalue weighted by molar-refractivity contribution is 0.129. The van der Waals surface area contributed by atoms with Gasteiger partial charge in [0, 0.05) is 6.07 Å². The molecule has 0 aromatic heterocycles. The molecule has 1 aromatic rings. The maximum Gasteiger partial charge on any atom is 0.139 e. The number of rotatable bonds is 6. The highest BCUT2D eigenvalue weighted by Gasteiger charge is 2.06. The summed E-state index contributed by atoms with van der Waals surface area (Å²) in [7, 11) is 0. The molecule has 1 rings (SSSR count). The molecule has 0 saturated heterocycles. The van der Waals surface area contributed by atoms with E-state index in [1.165, 1.54) is 0 Å². The van der Waals surface area contributed by atoms with Crippen LogP contribution in [0.3, 0.4) is 0 Å². The summed E-state index contributed by atoms with van der Waals surface area (Å²) in [4.78, 5) is 4.43. The highest BCUT2D eigenvalue weighted by Crippen LogP contribution is 2.33. The average molecular weight is 321 g/mol. The minimum absolute atomic E-state index is 0. The van der Waals surface area contributed by atoms with E-state index in [9.17, 15) is 0 Å². The van der Waals surface area contributed by atoms with Gasteiger partial charge in [-0.25, -0.2) is 5.90 Å². The maximum atomic E-state index is 5.93. The second-order valence-corrected chi connectivity index (χ2v) is 4.34. The summed E-state index contributed by atoms with van der Waals surface area (Å²) in [6, 6.07) is 3.16. The maximum absolute atomic E-state index is 5.93. The van der Waals surface area contributed by atoms with Gasteiger partial charge in [0.05, 0.1) is 28.3 Å². The normalized spacial score (nSPS) is 9.88. The van der Waals surface area contributed by atoms with Gasteiger partial charge in [0.2, 0.25) is 0 Å². The summed E-state index contributed by atoms with van der Waals surface area (Å²) in [5.41, 5.74) is 0. The molecule has 0 bridgehead atoms. The van der Waals surface area contributed by atoms with E-state index in [1.807, 2.05) is 0 Å². The lowest BCUT2D eigenvalue weighted by atomic mass is 10.3. The lowest BCUT2D eigenvalue weighted by Gasteiger charge is -2.08. The molecule has 0 radical (unpaired) electrons. The molecule has 0 spiro atoms. The smallest absolute Gasteiger partial charge is 0.139 e. The summed E-state index contributed by atoms with van der Waals surface area (Å²) in [5.74, 6) is 5.42. The quantitative estimate of drug-likeness (QED) is 0.487. The van der Waals surface area contributed by atoms with E-state index in [0.717, 1.165) is 12.8 Å². The third-order valence-electron chi connectivity index (χ3n) is 1.89. The molecule has 0 heterocycles. The van der Waals surface area contributed by atoms with Crippen LogP contribution in [0.25, 0.3) is 0 Å². The van der Waals surface area contributed by atoms with Crippen molar-refractivity contribution in [3.63, 3.8) is 0 Å². The molecule has 0 aliphatic carbocycles. The van der Waals surface area contributed by atoms with Gasteiger partial charge in [0.25, 0.3) is 0 Å². The van der Waals surface area contributed by atoms with Gasteiger partial charge in [-0.05, 0) is 18.9 Å². The van der Waals surface area contributed by atoms with Crippen LogP contribution in [0.2, 0.25) is 15.1 Å². The number of benzene rings is 1. The standard InChI is InChI=1S/C10H12Cl3NO2.ClH/c11-7-5-9(13)10(6-8(7)12)15-3-1-2-4-16-14;/h5-6H,1-4,14H2;1H. The first-order valence-corrected chi connectivity index (χ1v) is 5.87. The number of nitrogens with two attached hydrogens (primary N) is 1. The van der Waals surface area contributed by atoms with Crippen molar-refractivity contribution in [3.05, 3.63) is 27.2 Å². The van der Waals surface area contributed by atoms with Gasteiger partial charge in [0.1, 0.15) is 5.75 Å². The lowest BCUT2D eigenvalue weighted by Crippen LogP contribution is -2.04. The Kier molecular flexibility index (Phi) is 9.14. The van der Waals surface area contributed by atoms with Crippen LogP contribution in [0.4, 0.5) is 0 Å². The molecule has 7 heteroatoms. The van der Waals surface area contributed by atoms with Gasteiger partial charge in [-0.15, -0.1) is 12.4 Å². The van der Waals surface area contributed by atoms with Crippen molar-refractivity contribution in [2.75, 3.05) is 13.2 Å². The molecular formula is C10H13Cl4NO2. The topological polar surface area (TPSA) is 44.5 Å². The number of unbranched alkanes of at least 4 members (excludes halogenated alkanes) is 1. The van der Waals surface area contributed by atoms with Crippen molar-refractivity contribution in [1.82, 2.24) is 0 Å². The zero-order valence-corrected chi connectivity index (χ0v) is 12.0. The van der Waals surface area contributed by atoms with E-state index < -0.39 is 0 Å². The van der Waals surface area contributed by atoms with Crippen LogP contribution in [-0.2, 0) is 4.84 Å². The van der Waals surface area contributed by atoms with Gasteiger partial charge in [-0.2, -0.15) is 0 Å². The molecule has 0 aliphatic heterocycles. The van der Waals surface area contributed by atoms with Crippen LogP contribution < -0.4 is 10.6 Å². The number of hydrogen-bond donors (Lipinski definition) is 1. The van der Waals surface area contributed by atoms with Crippen molar-refractivity contribution in [3.8, 4) is 5.75 Å². The first-order chi connectivity index (χ1) is 7.65. The number of hydrogen-bond acceptors (Lipinski definition) is 3. The molecule has 98 valence electrons. The van der Waals surface area contributed by atoms with E-state index in [0.29, 0.717) is 34.0 Å². The van der Waals surface area contributed by atoms with Crippen molar-refractivity contribution in [2.24, 2.45) is 5.90 Å². The minimum atomic E-state index is 0. The van der Waals surface area contributed by atoms with Crippen molar-refractivity contribution in [1.29, 1.82) is 0 Å². The summed E-state index contributed by atoms with van der Waals surface area (Å²) in [6.07, 6.45) is 1.66. The summed E-state index contributed by atoms with van der Waals surface area (Å²) in [6.45, 7) is 1.04. The second-order valence-electron chi connectivity index (χ2n) is 3.12. The van der Waals surface area contributed by atoms with Gasteiger partial charge in [0.15, 0.2) is 0 Å². The van der Waals surface area contributed by atoms with Crippen LogP contribution >= 0.6 is 47.2 Å².